The van der Waals surface area contributed by atoms with E-state index in [9.17, 15) is 0 Å². The zero-order chi connectivity index (χ0) is 7.56. The van der Waals surface area contributed by atoms with Crippen molar-refractivity contribution in [1.82, 2.24) is 10.2 Å². The van der Waals surface area contributed by atoms with Gasteiger partial charge in [0.1, 0.15) is 0 Å². The molecule has 0 bridgehead atoms. The molecule has 0 aliphatic carbocycles. The van der Waals surface area contributed by atoms with Crippen molar-refractivity contribution >= 4 is 0 Å². The summed E-state index contributed by atoms with van der Waals surface area (Å²) in [6, 6.07) is 0.706. The van der Waals surface area contributed by atoms with Crippen molar-refractivity contribution in [2.75, 3.05) is 20.1 Å². The molecular formula is C8H14N2. The third kappa shape index (κ3) is 1.31. The maximum Gasteiger partial charge on any atom is 0.0862 e. The molecule has 0 saturated carbocycles. The molecule has 0 spiro atoms. The molecular weight excluding hydrogens is 124 g/mol. The summed E-state index contributed by atoms with van der Waals surface area (Å²) in [5.74, 6) is 2.77. The summed E-state index contributed by atoms with van der Waals surface area (Å²) >= 11 is 0. The normalized spacial score (nSPS) is 35.3. The van der Waals surface area contributed by atoms with Crippen LogP contribution in [-0.4, -0.2) is 37.1 Å². The van der Waals surface area contributed by atoms with Crippen molar-refractivity contribution in [3.05, 3.63) is 0 Å². The maximum absolute atomic E-state index is 5.35. The van der Waals surface area contributed by atoms with E-state index in [1.807, 2.05) is 0 Å². The number of nitrogens with zero attached hydrogens (tertiary/aromatic N) is 1. The average molecular weight is 138 g/mol. The Balaban J connectivity index is 2.56. The molecule has 1 N–H and O–H groups in total. The number of hydrogen-bond acceptors (Lipinski definition) is 2. The Hall–Kier alpha value is -0.520. The van der Waals surface area contributed by atoms with Gasteiger partial charge in [-0.25, -0.2) is 0 Å². The van der Waals surface area contributed by atoms with Crippen molar-refractivity contribution < 1.29 is 0 Å². The van der Waals surface area contributed by atoms with Crippen LogP contribution in [0.15, 0.2) is 0 Å². The molecule has 2 atom stereocenters. The van der Waals surface area contributed by atoms with Gasteiger partial charge in [0.2, 0.25) is 0 Å². The van der Waals surface area contributed by atoms with Gasteiger partial charge in [-0.05, 0) is 14.0 Å². The predicted molar refractivity (Wildman–Crippen MR) is 42.7 cm³/mol. The third-order valence-electron chi connectivity index (χ3n) is 2.05. The summed E-state index contributed by atoms with van der Waals surface area (Å²) in [4.78, 5) is 2.21. The van der Waals surface area contributed by atoms with Gasteiger partial charge in [0.05, 0.1) is 6.04 Å². The van der Waals surface area contributed by atoms with E-state index >= 15 is 0 Å². The van der Waals surface area contributed by atoms with Crippen LogP contribution in [-0.2, 0) is 0 Å². The molecule has 56 valence electrons. The Morgan fingerprint density at radius 1 is 1.70 bits per heavy atom. The van der Waals surface area contributed by atoms with Crippen LogP contribution >= 0.6 is 0 Å². The number of rotatable bonds is 0. The minimum Gasteiger partial charge on any atom is -0.310 e. The zero-order valence-electron chi connectivity index (χ0n) is 6.59. The van der Waals surface area contributed by atoms with Gasteiger partial charge in [-0.1, -0.05) is 5.92 Å². The standard InChI is InChI=1S/C8H14N2/c1-4-8-7(2)9-5-6-10(8)3/h1,7-9H,5-6H2,2-3H3/t7-,8+/m1/s1. The van der Waals surface area contributed by atoms with Gasteiger partial charge in [-0.15, -0.1) is 6.42 Å². The van der Waals surface area contributed by atoms with Gasteiger partial charge in [-0.2, -0.15) is 0 Å². The Morgan fingerprint density at radius 3 is 2.80 bits per heavy atom. The van der Waals surface area contributed by atoms with E-state index in [2.05, 4.69) is 30.1 Å². The Morgan fingerprint density at radius 2 is 2.40 bits per heavy atom. The van der Waals surface area contributed by atoms with Crippen LogP contribution in [0.5, 0.6) is 0 Å². The van der Waals surface area contributed by atoms with E-state index < -0.39 is 0 Å². The quantitative estimate of drug-likeness (QED) is 0.471. The molecule has 0 aromatic carbocycles. The average Bonchev–Trinajstić information content (AvgIpc) is 1.88. The van der Waals surface area contributed by atoms with Crippen LogP contribution in [0.2, 0.25) is 0 Å². The Bertz CT molecular complexity index is 138. The molecule has 1 aliphatic heterocycles. The fourth-order valence-electron chi connectivity index (χ4n) is 1.37. The highest BCUT2D eigenvalue weighted by molar-refractivity contribution is 5.06. The van der Waals surface area contributed by atoms with Gasteiger partial charge in [0, 0.05) is 19.1 Å². The minimum atomic E-state index is 0.272. The van der Waals surface area contributed by atoms with E-state index in [1.54, 1.807) is 0 Å². The lowest BCUT2D eigenvalue weighted by molar-refractivity contribution is 0.201. The first-order chi connectivity index (χ1) is 4.75. The molecule has 0 radical (unpaired) electrons. The van der Waals surface area contributed by atoms with Crippen molar-refractivity contribution in [1.29, 1.82) is 0 Å². The van der Waals surface area contributed by atoms with Crippen LogP contribution < -0.4 is 5.32 Å². The second-order valence-corrected chi connectivity index (χ2v) is 2.83. The summed E-state index contributed by atoms with van der Waals surface area (Å²) < 4.78 is 0. The van der Waals surface area contributed by atoms with E-state index in [-0.39, 0.29) is 6.04 Å². The van der Waals surface area contributed by atoms with Gasteiger partial charge in [-0.3, -0.25) is 4.90 Å². The Labute approximate surface area is 62.6 Å². The zero-order valence-corrected chi connectivity index (χ0v) is 6.59. The first-order valence-corrected chi connectivity index (χ1v) is 3.65. The van der Waals surface area contributed by atoms with Crippen LogP contribution in [0.4, 0.5) is 0 Å². The summed E-state index contributed by atoms with van der Waals surface area (Å²) in [7, 11) is 2.07. The molecule has 2 nitrogen and oxygen atoms in total. The second-order valence-electron chi connectivity index (χ2n) is 2.83. The van der Waals surface area contributed by atoms with E-state index in [0.29, 0.717) is 6.04 Å². The number of terminal acetylenes is 1. The molecule has 10 heavy (non-hydrogen) atoms. The summed E-state index contributed by atoms with van der Waals surface area (Å²) in [5, 5.41) is 3.33. The highest BCUT2D eigenvalue weighted by atomic mass is 15.2. The highest BCUT2D eigenvalue weighted by Crippen LogP contribution is 2.04. The molecule has 1 aliphatic rings. The highest BCUT2D eigenvalue weighted by Gasteiger charge is 2.22. The monoisotopic (exact) mass is 138 g/mol. The summed E-state index contributed by atoms with van der Waals surface area (Å²) in [6.45, 7) is 4.23. The third-order valence-corrected chi connectivity index (χ3v) is 2.05. The van der Waals surface area contributed by atoms with E-state index in [0.717, 1.165) is 13.1 Å². The van der Waals surface area contributed by atoms with Crippen LogP contribution in [0.3, 0.4) is 0 Å². The predicted octanol–water partition coefficient (Wildman–Crippen LogP) is -0.0883. The lowest BCUT2D eigenvalue weighted by Gasteiger charge is -2.34. The first-order valence-electron chi connectivity index (χ1n) is 3.65. The molecule has 1 saturated heterocycles. The Kier molecular flexibility index (Phi) is 2.31. The smallest absolute Gasteiger partial charge is 0.0862 e. The fraction of sp³-hybridized carbons (Fsp3) is 0.750. The molecule has 1 fully saturated rings. The molecule has 0 aromatic rings. The topological polar surface area (TPSA) is 15.3 Å². The van der Waals surface area contributed by atoms with Crippen LogP contribution in [0, 0.1) is 12.3 Å². The lowest BCUT2D eigenvalue weighted by atomic mass is 10.1. The SMILES string of the molecule is C#C[C@H]1[C@@H](C)NCCN1C. The van der Waals surface area contributed by atoms with Gasteiger partial charge in [0.25, 0.3) is 0 Å². The van der Waals surface area contributed by atoms with E-state index in [1.165, 1.54) is 0 Å². The molecule has 2 heteroatoms. The van der Waals surface area contributed by atoms with Crippen LogP contribution in [0.25, 0.3) is 0 Å². The molecule has 0 aromatic heterocycles. The fourth-order valence-corrected chi connectivity index (χ4v) is 1.37. The summed E-state index contributed by atoms with van der Waals surface area (Å²) in [6.07, 6.45) is 5.35. The van der Waals surface area contributed by atoms with Gasteiger partial charge >= 0.3 is 0 Å². The molecule has 1 heterocycles. The van der Waals surface area contributed by atoms with Crippen molar-refractivity contribution in [3.63, 3.8) is 0 Å². The number of piperazine rings is 1. The van der Waals surface area contributed by atoms with Gasteiger partial charge < -0.3 is 5.32 Å². The number of nitrogens with one attached hydrogen (secondary N) is 1. The van der Waals surface area contributed by atoms with Crippen molar-refractivity contribution in [2.24, 2.45) is 0 Å². The van der Waals surface area contributed by atoms with E-state index in [4.69, 9.17) is 6.42 Å². The van der Waals surface area contributed by atoms with Crippen molar-refractivity contribution in [2.45, 2.75) is 19.0 Å². The first kappa shape index (κ1) is 7.59. The molecule has 0 amide bonds. The number of hydrogen-bond donors (Lipinski definition) is 1. The minimum absolute atomic E-state index is 0.272. The van der Waals surface area contributed by atoms with Crippen LogP contribution in [0.1, 0.15) is 6.92 Å². The second kappa shape index (κ2) is 3.05. The molecule has 1 rings (SSSR count). The largest absolute Gasteiger partial charge is 0.310 e. The number of likely N-dealkylation sites (N-methyl/N-ethyl adjacent to an activating group) is 1. The summed E-state index contributed by atoms with van der Waals surface area (Å²) in [5.41, 5.74) is 0. The van der Waals surface area contributed by atoms with Gasteiger partial charge in [0.15, 0.2) is 0 Å². The maximum atomic E-state index is 5.35. The van der Waals surface area contributed by atoms with Crippen molar-refractivity contribution in [3.8, 4) is 12.3 Å². The lowest BCUT2D eigenvalue weighted by Crippen LogP contribution is -2.54. The molecule has 0 unspecified atom stereocenters.